The highest BCUT2D eigenvalue weighted by atomic mass is 35.5. The van der Waals surface area contributed by atoms with Crippen molar-refractivity contribution in [3.05, 3.63) is 68.8 Å². The van der Waals surface area contributed by atoms with Crippen LogP contribution in [0.15, 0.2) is 36.4 Å². The summed E-state index contributed by atoms with van der Waals surface area (Å²) >= 11 is 12.6. The average molecular weight is 557 g/mol. The molecular weight excluding hydrogens is 521 g/mol. The Morgan fingerprint density at radius 2 is 1.89 bits per heavy atom. The van der Waals surface area contributed by atoms with Gasteiger partial charge in [0.2, 0.25) is 5.91 Å². The van der Waals surface area contributed by atoms with E-state index < -0.39 is 0 Å². The topological polar surface area (TPSA) is 84.6 Å². The van der Waals surface area contributed by atoms with Gasteiger partial charge >= 0.3 is 0 Å². The number of carbonyl (C=O) groups excluding carboxylic acids is 1. The van der Waals surface area contributed by atoms with Crippen molar-refractivity contribution in [3.8, 4) is 17.1 Å². The zero-order valence-corrected chi connectivity index (χ0v) is 24.1. The molecule has 0 bridgehead atoms. The molecule has 2 N–H and O–H groups in total. The van der Waals surface area contributed by atoms with E-state index in [4.69, 9.17) is 43.6 Å². The zero-order chi connectivity index (χ0) is 27.6. The van der Waals surface area contributed by atoms with Gasteiger partial charge in [0.25, 0.3) is 0 Å². The summed E-state index contributed by atoms with van der Waals surface area (Å²) in [5.74, 6) is 2.03. The Bertz CT molecular complexity index is 1330. The number of hydrogen-bond donors (Lipinski definition) is 1. The molecule has 9 heteroatoms. The molecule has 2 aromatic carbocycles. The van der Waals surface area contributed by atoms with Crippen molar-refractivity contribution in [2.75, 3.05) is 31.1 Å². The van der Waals surface area contributed by atoms with E-state index in [1.165, 1.54) is 0 Å². The lowest BCUT2D eigenvalue weighted by Crippen LogP contribution is -2.57. The van der Waals surface area contributed by atoms with Gasteiger partial charge in [0.05, 0.1) is 22.8 Å². The molecular formula is C29H35Cl2N5O2. The number of hydrogen-bond acceptors (Lipinski definition) is 6. The molecule has 1 amide bonds. The van der Waals surface area contributed by atoms with Crippen molar-refractivity contribution < 1.29 is 9.53 Å². The first kappa shape index (κ1) is 28.1. The molecule has 202 valence electrons. The fourth-order valence-electron chi connectivity index (χ4n) is 4.92. The SMILES string of the molecule is Cc1ccc(C)c(-c2nc(C)c(COc3cccc(Cl)c3Cl)c(N3CCN(CC(N)=O)C(C(C)C)C3)n2)c1. The number of primary amides is 1. The first-order valence-corrected chi connectivity index (χ1v) is 13.6. The van der Waals surface area contributed by atoms with E-state index in [1.807, 2.05) is 13.0 Å². The minimum atomic E-state index is -0.313. The molecule has 1 saturated heterocycles. The molecule has 3 aromatic rings. The van der Waals surface area contributed by atoms with Crippen LogP contribution in [0.2, 0.25) is 10.0 Å². The van der Waals surface area contributed by atoms with Gasteiger partial charge in [-0.2, -0.15) is 0 Å². The largest absolute Gasteiger partial charge is 0.487 e. The molecule has 1 fully saturated rings. The van der Waals surface area contributed by atoms with Crippen LogP contribution in [0, 0.1) is 26.7 Å². The highest BCUT2D eigenvalue weighted by Crippen LogP contribution is 2.34. The van der Waals surface area contributed by atoms with Gasteiger partial charge in [0, 0.05) is 31.2 Å². The Kier molecular flexibility index (Phi) is 8.81. The van der Waals surface area contributed by atoms with Crippen LogP contribution in [0.3, 0.4) is 0 Å². The molecule has 38 heavy (non-hydrogen) atoms. The lowest BCUT2D eigenvalue weighted by molar-refractivity contribution is -0.120. The van der Waals surface area contributed by atoms with E-state index in [0.29, 0.717) is 47.2 Å². The smallest absolute Gasteiger partial charge is 0.231 e. The Labute approximate surface area is 234 Å². The van der Waals surface area contributed by atoms with Crippen LogP contribution in [-0.4, -0.2) is 53.0 Å². The van der Waals surface area contributed by atoms with Crippen molar-refractivity contribution >= 4 is 34.9 Å². The number of amides is 1. The van der Waals surface area contributed by atoms with Gasteiger partial charge in [-0.05, 0) is 50.5 Å². The summed E-state index contributed by atoms with van der Waals surface area (Å²) in [4.78, 5) is 26.2. The number of halogens is 2. The second-order valence-electron chi connectivity index (χ2n) is 10.3. The molecule has 0 spiro atoms. The van der Waals surface area contributed by atoms with Crippen LogP contribution in [-0.2, 0) is 11.4 Å². The molecule has 4 rings (SSSR count). The van der Waals surface area contributed by atoms with E-state index in [0.717, 1.165) is 33.8 Å². The number of anilines is 1. The highest BCUT2D eigenvalue weighted by Gasteiger charge is 2.32. The normalized spacial score (nSPS) is 16.2. The second kappa shape index (κ2) is 11.9. The van der Waals surface area contributed by atoms with E-state index >= 15 is 0 Å². The Morgan fingerprint density at radius 3 is 2.61 bits per heavy atom. The van der Waals surface area contributed by atoms with Crippen molar-refractivity contribution in [2.45, 2.75) is 47.3 Å². The fourth-order valence-corrected chi connectivity index (χ4v) is 5.27. The van der Waals surface area contributed by atoms with Crippen molar-refractivity contribution in [1.29, 1.82) is 0 Å². The standard InChI is InChI=1S/C29H35Cl2N5O2/c1-17(2)24-14-36(12-11-35(24)15-26(32)37)29-22(16-38-25-8-6-7-23(30)27(25)31)20(5)33-28(34-29)21-13-18(3)9-10-19(21)4/h6-10,13,17,24H,11-12,14-16H2,1-5H3,(H2,32,37). The molecule has 1 atom stereocenters. The maximum Gasteiger partial charge on any atom is 0.231 e. The van der Waals surface area contributed by atoms with E-state index in [1.54, 1.807) is 12.1 Å². The van der Waals surface area contributed by atoms with Crippen LogP contribution < -0.4 is 15.4 Å². The van der Waals surface area contributed by atoms with Crippen LogP contribution >= 0.6 is 23.2 Å². The van der Waals surface area contributed by atoms with Crippen molar-refractivity contribution in [3.63, 3.8) is 0 Å². The third kappa shape index (κ3) is 6.22. The Hall–Kier alpha value is -2.87. The van der Waals surface area contributed by atoms with Gasteiger partial charge in [-0.25, -0.2) is 9.97 Å². The Balaban J connectivity index is 1.76. The summed E-state index contributed by atoms with van der Waals surface area (Å²) in [6, 6.07) is 11.8. The third-order valence-corrected chi connectivity index (χ3v) is 7.88. The number of piperazine rings is 1. The average Bonchev–Trinajstić information content (AvgIpc) is 2.86. The quantitative estimate of drug-likeness (QED) is 0.390. The van der Waals surface area contributed by atoms with Gasteiger partial charge in [0.15, 0.2) is 5.82 Å². The first-order valence-electron chi connectivity index (χ1n) is 12.8. The number of rotatable bonds is 8. The van der Waals surface area contributed by atoms with Crippen molar-refractivity contribution in [1.82, 2.24) is 14.9 Å². The monoisotopic (exact) mass is 555 g/mol. The zero-order valence-electron chi connectivity index (χ0n) is 22.6. The number of aromatic nitrogens is 2. The summed E-state index contributed by atoms with van der Waals surface area (Å²) in [6.45, 7) is 13.1. The minimum absolute atomic E-state index is 0.145. The third-order valence-electron chi connectivity index (χ3n) is 7.08. The molecule has 0 saturated carbocycles. The number of ether oxygens (including phenoxy) is 1. The molecule has 1 unspecified atom stereocenters. The molecule has 2 heterocycles. The summed E-state index contributed by atoms with van der Waals surface area (Å²) in [5, 5.41) is 0.814. The van der Waals surface area contributed by atoms with Crippen molar-refractivity contribution in [2.24, 2.45) is 11.7 Å². The predicted molar refractivity (Wildman–Crippen MR) is 154 cm³/mol. The lowest BCUT2D eigenvalue weighted by atomic mass is 9.99. The number of aryl methyl sites for hydroxylation is 3. The minimum Gasteiger partial charge on any atom is -0.487 e. The summed E-state index contributed by atoms with van der Waals surface area (Å²) in [7, 11) is 0. The van der Waals surface area contributed by atoms with Crippen LogP contribution in [0.1, 0.15) is 36.2 Å². The van der Waals surface area contributed by atoms with E-state index in [9.17, 15) is 4.79 Å². The van der Waals surface area contributed by atoms with Gasteiger partial charge < -0.3 is 15.4 Å². The molecule has 1 aliphatic rings. The molecule has 0 radical (unpaired) electrons. The Morgan fingerprint density at radius 1 is 1.13 bits per heavy atom. The number of benzene rings is 2. The van der Waals surface area contributed by atoms with Gasteiger partial charge in [-0.15, -0.1) is 0 Å². The van der Waals surface area contributed by atoms with Crippen LogP contribution in [0.25, 0.3) is 11.4 Å². The van der Waals surface area contributed by atoms with Crippen LogP contribution in [0.5, 0.6) is 5.75 Å². The molecule has 0 aliphatic carbocycles. The summed E-state index contributed by atoms with van der Waals surface area (Å²) < 4.78 is 6.16. The van der Waals surface area contributed by atoms with Gasteiger partial charge in [-0.1, -0.05) is 60.8 Å². The van der Waals surface area contributed by atoms with Crippen LogP contribution in [0.4, 0.5) is 5.82 Å². The van der Waals surface area contributed by atoms with Gasteiger partial charge in [0.1, 0.15) is 23.2 Å². The maximum absolute atomic E-state index is 11.7. The maximum atomic E-state index is 11.7. The number of carbonyl (C=O) groups is 1. The first-order chi connectivity index (χ1) is 18.0. The molecule has 1 aromatic heterocycles. The second-order valence-corrected chi connectivity index (χ2v) is 11.1. The summed E-state index contributed by atoms with van der Waals surface area (Å²) in [6.07, 6.45) is 0. The number of nitrogens with zero attached hydrogens (tertiary/aromatic N) is 4. The van der Waals surface area contributed by atoms with Gasteiger partial charge in [-0.3, -0.25) is 9.69 Å². The lowest BCUT2D eigenvalue weighted by Gasteiger charge is -2.44. The summed E-state index contributed by atoms with van der Waals surface area (Å²) in [5.41, 5.74) is 10.5. The van der Waals surface area contributed by atoms with E-state index in [2.05, 4.69) is 55.7 Å². The number of nitrogens with two attached hydrogens (primary N) is 1. The van der Waals surface area contributed by atoms with E-state index in [-0.39, 0.29) is 25.1 Å². The molecule has 1 aliphatic heterocycles. The fraction of sp³-hybridized carbons (Fsp3) is 0.414. The molecule has 7 nitrogen and oxygen atoms in total. The highest BCUT2D eigenvalue weighted by molar-refractivity contribution is 6.42. The predicted octanol–water partition coefficient (Wildman–Crippen LogP) is 5.59.